The summed E-state index contributed by atoms with van der Waals surface area (Å²) in [7, 11) is 0. The zero-order valence-corrected chi connectivity index (χ0v) is 12.9. The van der Waals surface area contributed by atoms with Gasteiger partial charge in [0.2, 0.25) is 0 Å². The molecule has 1 aliphatic rings. The van der Waals surface area contributed by atoms with Gasteiger partial charge >= 0.3 is 12.1 Å². The number of hydrogen-bond donors (Lipinski definition) is 2. The molecule has 1 saturated heterocycles. The second-order valence-corrected chi connectivity index (χ2v) is 5.97. The molecule has 5 amide bonds. The van der Waals surface area contributed by atoms with Gasteiger partial charge < -0.3 is 10.6 Å². The molecule has 0 unspecified atom stereocenters. The van der Waals surface area contributed by atoms with Crippen molar-refractivity contribution in [1.82, 2.24) is 15.5 Å². The van der Waals surface area contributed by atoms with Crippen LogP contribution < -0.4 is 10.6 Å². The number of carbonyl (C=O) groups excluding carboxylic acids is 3. The molecule has 0 aliphatic carbocycles. The highest BCUT2D eigenvalue weighted by atomic mass is 35.5. The van der Waals surface area contributed by atoms with E-state index in [2.05, 4.69) is 10.6 Å². The lowest BCUT2D eigenvalue weighted by atomic mass is 9.94. The van der Waals surface area contributed by atoms with Crippen LogP contribution >= 0.6 is 23.2 Å². The van der Waals surface area contributed by atoms with Crippen molar-refractivity contribution in [2.75, 3.05) is 6.54 Å². The van der Waals surface area contributed by atoms with Crippen molar-refractivity contribution in [3.8, 4) is 0 Å². The van der Waals surface area contributed by atoms with E-state index in [0.717, 1.165) is 0 Å². The predicted octanol–water partition coefficient (Wildman–Crippen LogP) is 2.49. The monoisotopic (exact) mass is 329 g/mol. The number of imide groups is 3. The highest BCUT2D eigenvalue weighted by molar-refractivity contribution is 6.34. The van der Waals surface area contributed by atoms with E-state index in [-0.39, 0.29) is 6.54 Å². The van der Waals surface area contributed by atoms with Gasteiger partial charge in [-0.1, -0.05) is 23.2 Å². The maximum atomic E-state index is 12.1. The second-order valence-electron chi connectivity index (χ2n) is 5.10. The average Bonchev–Trinajstić information content (AvgIpc) is 2.67. The number of benzene rings is 1. The van der Waals surface area contributed by atoms with Crippen LogP contribution in [0.15, 0.2) is 18.2 Å². The van der Waals surface area contributed by atoms with Gasteiger partial charge in [0.05, 0.1) is 12.1 Å². The number of amides is 5. The Balaban J connectivity index is 2.22. The highest BCUT2D eigenvalue weighted by Crippen LogP contribution is 2.27. The number of rotatable bonds is 2. The third-order valence-electron chi connectivity index (χ3n) is 3.05. The molecular formula is C13H13Cl2N3O3. The Kier molecular flexibility index (Phi) is 4.11. The van der Waals surface area contributed by atoms with E-state index in [1.807, 2.05) is 0 Å². The first-order chi connectivity index (χ1) is 9.70. The fourth-order valence-corrected chi connectivity index (χ4v) is 2.46. The third kappa shape index (κ3) is 3.28. The summed E-state index contributed by atoms with van der Waals surface area (Å²) in [5.41, 5.74) is -0.213. The Morgan fingerprint density at radius 1 is 1.24 bits per heavy atom. The summed E-state index contributed by atoms with van der Waals surface area (Å²) in [6.07, 6.45) is 0. The first-order valence-corrected chi connectivity index (χ1v) is 6.86. The summed E-state index contributed by atoms with van der Waals surface area (Å²) < 4.78 is 0. The van der Waals surface area contributed by atoms with Crippen LogP contribution in [0.1, 0.15) is 19.4 Å². The van der Waals surface area contributed by atoms with Crippen molar-refractivity contribution >= 4 is 41.2 Å². The lowest BCUT2D eigenvalue weighted by Gasteiger charge is -2.28. The van der Waals surface area contributed by atoms with Crippen molar-refractivity contribution < 1.29 is 14.4 Å². The number of carbonyl (C=O) groups is 3. The van der Waals surface area contributed by atoms with Crippen LogP contribution in [0.25, 0.3) is 0 Å². The van der Waals surface area contributed by atoms with Crippen LogP contribution in [0.4, 0.5) is 9.59 Å². The predicted molar refractivity (Wildman–Crippen MR) is 78.3 cm³/mol. The molecule has 0 saturated carbocycles. The number of urea groups is 2. The second kappa shape index (κ2) is 5.54. The SMILES string of the molecule is CC(C)(NC(=O)N1C(=O)CNC1=O)c1cc(Cl)cc(Cl)c1. The lowest BCUT2D eigenvalue weighted by molar-refractivity contribution is -0.122. The molecule has 1 fully saturated rings. The first kappa shape index (κ1) is 15.6. The van der Waals surface area contributed by atoms with E-state index in [4.69, 9.17) is 23.2 Å². The topological polar surface area (TPSA) is 78.5 Å². The van der Waals surface area contributed by atoms with Crippen molar-refractivity contribution in [3.63, 3.8) is 0 Å². The molecule has 21 heavy (non-hydrogen) atoms. The molecule has 0 atom stereocenters. The molecule has 8 heteroatoms. The van der Waals surface area contributed by atoms with Gasteiger partial charge in [0.25, 0.3) is 5.91 Å². The van der Waals surface area contributed by atoms with Crippen LogP contribution in [0.2, 0.25) is 10.0 Å². The Morgan fingerprint density at radius 2 is 1.81 bits per heavy atom. The Bertz CT molecular complexity index is 595. The van der Waals surface area contributed by atoms with Gasteiger partial charge in [0.15, 0.2) is 0 Å². The van der Waals surface area contributed by atoms with Crippen LogP contribution in [0, 0.1) is 0 Å². The number of nitrogens with zero attached hydrogens (tertiary/aromatic N) is 1. The Hall–Kier alpha value is -1.79. The molecule has 2 rings (SSSR count). The summed E-state index contributed by atoms with van der Waals surface area (Å²) in [4.78, 5) is 35.6. The zero-order chi connectivity index (χ0) is 15.8. The van der Waals surface area contributed by atoms with E-state index in [1.165, 1.54) is 0 Å². The molecule has 1 aliphatic heterocycles. The molecule has 112 valence electrons. The minimum Gasteiger partial charge on any atom is -0.328 e. The van der Waals surface area contributed by atoms with Crippen LogP contribution in [0.3, 0.4) is 0 Å². The third-order valence-corrected chi connectivity index (χ3v) is 3.49. The fourth-order valence-electron chi connectivity index (χ4n) is 1.94. The maximum absolute atomic E-state index is 12.1. The average molecular weight is 330 g/mol. The molecular weight excluding hydrogens is 317 g/mol. The van der Waals surface area contributed by atoms with E-state index >= 15 is 0 Å². The van der Waals surface area contributed by atoms with Gasteiger partial charge in [0, 0.05) is 10.0 Å². The molecule has 0 aromatic heterocycles. The fraction of sp³-hybridized carbons (Fsp3) is 0.308. The molecule has 1 heterocycles. The van der Waals surface area contributed by atoms with E-state index in [0.29, 0.717) is 20.5 Å². The van der Waals surface area contributed by atoms with Gasteiger partial charge in [0.1, 0.15) is 0 Å². The van der Waals surface area contributed by atoms with E-state index < -0.39 is 23.5 Å². The van der Waals surface area contributed by atoms with Crippen LogP contribution in [0.5, 0.6) is 0 Å². The molecule has 6 nitrogen and oxygen atoms in total. The summed E-state index contributed by atoms with van der Waals surface area (Å²) >= 11 is 11.9. The number of nitrogens with one attached hydrogen (secondary N) is 2. The maximum Gasteiger partial charge on any atom is 0.333 e. The van der Waals surface area contributed by atoms with Crippen molar-refractivity contribution in [2.24, 2.45) is 0 Å². The van der Waals surface area contributed by atoms with Crippen molar-refractivity contribution in [1.29, 1.82) is 0 Å². The van der Waals surface area contributed by atoms with Crippen LogP contribution in [-0.4, -0.2) is 29.4 Å². The largest absolute Gasteiger partial charge is 0.333 e. The van der Waals surface area contributed by atoms with E-state index in [1.54, 1.807) is 32.0 Å². The zero-order valence-electron chi connectivity index (χ0n) is 11.4. The van der Waals surface area contributed by atoms with Gasteiger partial charge in [-0.05, 0) is 37.6 Å². The normalized spacial score (nSPS) is 15.1. The molecule has 1 aromatic carbocycles. The van der Waals surface area contributed by atoms with Crippen LogP contribution in [-0.2, 0) is 10.3 Å². The molecule has 0 bridgehead atoms. The number of halogens is 2. The highest BCUT2D eigenvalue weighted by Gasteiger charge is 2.37. The summed E-state index contributed by atoms with van der Waals surface area (Å²) in [6.45, 7) is 3.24. The Labute approximate surface area is 131 Å². The van der Waals surface area contributed by atoms with Gasteiger partial charge in [-0.2, -0.15) is 4.90 Å². The quantitative estimate of drug-likeness (QED) is 0.818. The standard InChI is InChI=1S/C13H13Cl2N3O3/c1-13(2,7-3-8(14)5-9(15)4-7)17-12(21)18-10(19)6-16-11(18)20/h3-5H,6H2,1-2H3,(H,16,20)(H,17,21). The summed E-state index contributed by atoms with van der Waals surface area (Å²) in [5, 5.41) is 5.75. The van der Waals surface area contributed by atoms with Crippen molar-refractivity contribution in [2.45, 2.75) is 19.4 Å². The molecule has 2 N–H and O–H groups in total. The van der Waals surface area contributed by atoms with E-state index in [9.17, 15) is 14.4 Å². The molecule has 0 radical (unpaired) electrons. The smallest absolute Gasteiger partial charge is 0.328 e. The minimum atomic E-state index is -0.866. The molecule has 0 spiro atoms. The number of hydrogen-bond acceptors (Lipinski definition) is 3. The minimum absolute atomic E-state index is 0.185. The van der Waals surface area contributed by atoms with Gasteiger partial charge in [-0.15, -0.1) is 0 Å². The van der Waals surface area contributed by atoms with Gasteiger partial charge in [-0.3, -0.25) is 4.79 Å². The summed E-state index contributed by atoms with van der Waals surface area (Å²) in [5.74, 6) is -0.600. The Morgan fingerprint density at radius 3 is 2.29 bits per heavy atom. The van der Waals surface area contributed by atoms with Gasteiger partial charge in [-0.25, -0.2) is 9.59 Å². The first-order valence-electron chi connectivity index (χ1n) is 6.10. The summed E-state index contributed by atoms with van der Waals surface area (Å²) in [6, 6.07) is 3.34. The molecule has 1 aromatic rings. The van der Waals surface area contributed by atoms with Crippen molar-refractivity contribution in [3.05, 3.63) is 33.8 Å². The lowest BCUT2D eigenvalue weighted by Crippen LogP contribution is -2.50.